The molecule has 1 aromatic heterocycles. The molecule has 0 radical (unpaired) electrons. The van der Waals surface area contributed by atoms with Crippen molar-refractivity contribution in [3.8, 4) is 0 Å². The van der Waals surface area contributed by atoms with E-state index in [1.165, 1.54) is 25.1 Å². The second kappa shape index (κ2) is 6.29. The highest BCUT2D eigenvalue weighted by atomic mass is 16.1. The first-order valence-electron chi connectivity index (χ1n) is 8.07. The van der Waals surface area contributed by atoms with Crippen LogP contribution >= 0.6 is 0 Å². The lowest BCUT2D eigenvalue weighted by Gasteiger charge is -2.06. The molecule has 112 valence electrons. The van der Waals surface area contributed by atoms with Gasteiger partial charge in [-0.3, -0.25) is 4.79 Å². The number of rotatable bonds is 4. The van der Waals surface area contributed by atoms with Crippen molar-refractivity contribution in [2.75, 3.05) is 6.54 Å². The number of carbonyl (C=O) groups excluding carboxylic acids is 1. The summed E-state index contributed by atoms with van der Waals surface area (Å²) in [6.07, 6.45) is 6.88. The molecular formula is C17H23N3O. The summed E-state index contributed by atoms with van der Waals surface area (Å²) in [6, 6.07) is 5.90. The molecular weight excluding hydrogens is 262 g/mol. The first-order valence-corrected chi connectivity index (χ1v) is 8.07. The van der Waals surface area contributed by atoms with Crippen LogP contribution in [0.5, 0.6) is 0 Å². The van der Waals surface area contributed by atoms with Gasteiger partial charge >= 0.3 is 0 Å². The third-order valence-electron chi connectivity index (χ3n) is 4.19. The minimum Gasteiger partial charge on any atom is -0.352 e. The van der Waals surface area contributed by atoms with Gasteiger partial charge in [-0.05, 0) is 37.5 Å². The van der Waals surface area contributed by atoms with Gasteiger partial charge in [0.2, 0.25) is 0 Å². The zero-order chi connectivity index (χ0) is 14.7. The predicted octanol–water partition coefficient (Wildman–Crippen LogP) is 3.29. The van der Waals surface area contributed by atoms with Gasteiger partial charge in [0.25, 0.3) is 5.91 Å². The molecule has 2 heterocycles. The molecule has 0 aliphatic carbocycles. The van der Waals surface area contributed by atoms with Crippen LogP contribution in [0, 0.1) is 0 Å². The number of imidazole rings is 1. The fourth-order valence-corrected chi connectivity index (χ4v) is 2.97. The Labute approximate surface area is 125 Å². The lowest BCUT2D eigenvalue weighted by molar-refractivity contribution is 0.0953. The van der Waals surface area contributed by atoms with E-state index in [0.29, 0.717) is 5.56 Å². The highest BCUT2D eigenvalue weighted by Crippen LogP contribution is 2.22. The third-order valence-corrected chi connectivity index (χ3v) is 4.19. The zero-order valence-electron chi connectivity index (χ0n) is 12.7. The topological polar surface area (TPSA) is 46.9 Å². The Morgan fingerprint density at radius 1 is 1.33 bits per heavy atom. The van der Waals surface area contributed by atoms with E-state index in [1.54, 1.807) is 0 Å². The number of amides is 1. The maximum absolute atomic E-state index is 12.1. The Hall–Kier alpha value is -1.84. The van der Waals surface area contributed by atoms with Gasteiger partial charge in [0.1, 0.15) is 5.82 Å². The summed E-state index contributed by atoms with van der Waals surface area (Å²) in [5.74, 6) is 1.18. The molecule has 0 saturated carbocycles. The largest absolute Gasteiger partial charge is 0.352 e. The quantitative estimate of drug-likeness (QED) is 0.876. The number of aryl methyl sites for hydroxylation is 2. The molecule has 1 N–H and O–H groups in total. The SMILES string of the molecule is CCCCNC(=O)c1ccc2c(c1)nc1n2CCCCC1. The second-order valence-electron chi connectivity index (χ2n) is 5.80. The van der Waals surface area contributed by atoms with Crippen molar-refractivity contribution in [2.24, 2.45) is 0 Å². The minimum atomic E-state index is 0.00791. The fraction of sp³-hybridized carbons (Fsp3) is 0.529. The van der Waals surface area contributed by atoms with Crippen molar-refractivity contribution < 1.29 is 4.79 Å². The fourth-order valence-electron chi connectivity index (χ4n) is 2.97. The number of nitrogens with zero attached hydrogens (tertiary/aromatic N) is 2. The molecule has 0 bridgehead atoms. The van der Waals surface area contributed by atoms with Crippen LogP contribution in [0.1, 0.15) is 55.2 Å². The number of fused-ring (bicyclic) bond motifs is 3. The van der Waals surface area contributed by atoms with Crippen LogP contribution < -0.4 is 5.32 Å². The van der Waals surface area contributed by atoms with Crippen molar-refractivity contribution in [3.05, 3.63) is 29.6 Å². The molecule has 0 spiro atoms. The van der Waals surface area contributed by atoms with Gasteiger partial charge in [-0.15, -0.1) is 0 Å². The van der Waals surface area contributed by atoms with Crippen LogP contribution in [0.4, 0.5) is 0 Å². The number of nitrogens with one attached hydrogen (secondary N) is 1. The number of hydrogen-bond acceptors (Lipinski definition) is 2. The lowest BCUT2D eigenvalue weighted by atomic mass is 10.1. The number of hydrogen-bond donors (Lipinski definition) is 1. The molecule has 0 saturated heterocycles. The number of aromatic nitrogens is 2. The Morgan fingerprint density at radius 2 is 2.24 bits per heavy atom. The molecule has 0 atom stereocenters. The zero-order valence-corrected chi connectivity index (χ0v) is 12.7. The maximum atomic E-state index is 12.1. The summed E-state index contributed by atoms with van der Waals surface area (Å²) < 4.78 is 2.32. The van der Waals surface area contributed by atoms with Gasteiger partial charge < -0.3 is 9.88 Å². The molecule has 2 aromatic rings. The van der Waals surface area contributed by atoms with Crippen molar-refractivity contribution in [2.45, 2.75) is 52.0 Å². The first-order chi connectivity index (χ1) is 10.3. The average molecular weight is 285 g/mol. The molecule has 1 aliphatic heterocycles. The molecule has 1 aromatic carbocycles. The number of benzene rings is 1. The smallest absolute Gasteiger partial charge is 0.251 e. The van der Waals surface area contributed by atoms with Crippen LogP contribution in [-0.4, -0.2) is 22.0 Å². The van der Waals surface area contributed by atoms with Crippen molar-refractivity contribution in [1.29, 1.82) is 0 Å². The minimum absolute atomic E-state index is 0.00791. The van der Waals surface area contributed by atoms with Crippen molar-refractivity contribution in [3.63, 3.8) is 0 Å². The first kappa shape index (κ1) is 14.1. The molecule has 0 unspecified atom stereocenters. The summed E-state index contributed by atoms with van der Waals surface area (Å²) in [7, 11) is 0. The van der Waals surface area contributed by atoms with E-state index in [-0.39, 0.29) is 5.91 Å². The summed E-state index contributed by atoms with van der Waals surface area (Å²) in [5.41, 5.74) is 2.83. The van der Waals surface area contributed by atoms with E-state index in [9.17, 15) is 4.79 Å². The van der Waals surface area contributed by atoms with E-state index in [1.807, 2.05) is 18.2 Å². The standard InChI is InChI=1S/C17H23N3O/c1-2-3-10-18-17(21)13-8-9-15-14(12-13)19-16-7-5-4-6-11-20(15)16/h8-9,12H,2-7,10-11H2,1H3,(H,18,21). The van der Waals surface area contributed by atoms with Crippen LogP contribution in [0.3, 0.4) is 0 Å². The summed E-state index contributed by atoms with van der Waals surface area (Å²) in [4.78, 5) is 16.9. The monoisotopic (exact) mass is 285 g/mol. The van der Waals surface area contributed by atoms with Crippen LogP contribution in [-0.2, 0) is 13.0 Å². The van der Waals surface area contributed by atoms with Crippen LogP contribution in [0.2, 0.25) is 0 Å². The number of unbranched alkanes of at least 4 members (excludes halogenated alkanes) is 1. The van der Waals surface area contributed by atoms with E-state index >= 15 is 0 Å². The summed E-state index contributed by atoms with van der Waals surface area (Å²) >= 11 is 0. The summed E-state index contributed by atoms with van der Waals surface area (Å²) in [5, 5.41) is 2.96. The predicted molar refractivity (Wildman–Crippen MR) is 84.5 cm³/mol. The van der Waals surface area contributed by atoms with Gasteiger partial charge in [0.05, 0.1) is 11.0 Å². The van der Waals surface area contributed by atoms with Gasteiger partial charge in [-0.25, -0.2) is 4.98 Å². The van der Waals surface area contributed by atoms with Gasteiger partial charge in [0, 0.05) is 25.1 Å². The highest BCUT2D eigenvalue weighted by Gasteiger charge is 2.15. The molecule has 1 amide bonds. The molecule has 3 rings (SSSR count). The van der Waals surface area contributed by atoms with Crippen LogP contribution in [0.15, 0.2) is 18.2 Å². The van der Waals surface area contributed by atoms with Crippen molar-refractivity contribution in [1.82, 2.24) is 14.9 Å². The Bertz CT molecular complexity index is 645. The maximum Gasteiger partial charge on any atom is 0.251 e. The molecule has 4 heteroatoms. The normalized spacial score (nSPS) is 14.7. The van der Waals surface area contributed by atoms with E-state index in [2.05, 4.69) is 16.8 Å². The Kier molecular flexibility index (Phi) is 4.23. The van der Waals surface area contributed by atoms with Crippen LogP contribution in [0.25, 0.3) is 11.0 Å². The van der Waals surface area contributed by atoms with Gasteiger partial charge in [0.15, 0.2) is 0 Å². The van der Waals surface area contributed by atoms with Crippen molar-refractivity contribution >= 4 is 16.9 Å². The number of carbonyl (C=O) groups is 1. The Balaban J connectivity index is 1.85. The van der Waals surface area contributed by atoms with Gasteiger partial charge in [-0.1, -0.05) is 19.8 Å². The summed E-state index contributed by atoms with van der Waals surface area (Å²) in [6.45, 7) is 3.91. The second-order valence-corrected chi connectivity index (χ2v) is 5.80. The molecule has 1 aliphatic rings. The van der Waals surface area contributed by atoms with E-state index in [4.69, 9.17) is 4.98 Å². The average Bonchev–Trinajstić information content (AvgIpc) is 2.67. The van der Waals surface area contributed by atoms with E-state index < -0.39 is 0 Å². The lowest BCUT2D eigenvalue weighted by Crippen LogP contribution is -2.24. The molecule has 21 heavy (non-hydrogen) atoms. The molecule has 0 fully saturated rings. The van der Waals surface area contributed by atoms with Gasteiger partial charge in [-0.2, -0.15) is 0 Å². The molecule has 4 nitrogen and oxygen atoms in total. The van der Waals surface area contributed by atoms with E-state index in [0.717, 1.165) is 43.4 Å². The third kappa shape index (κ3) is 2.94. The highest BCUT2D eigenvalue weighted by molar-refractivity contribution is 5.97. The Morgan fingerprint density at radius 3 is 3.10 bits per heavy atom.